The zero-order valence-electron chi connectivity index (χ0n) is 12.3. The Morgan fingerprint density at radius 3 is 2.32 bits per heavy atom. The van der Waals surface area contributed by atoms with Crippen LogP contribution in [-0.2, 0) is 23.8 Å². The minimum atomic E-state index is -1.14. The highest BCUT2D eigenvalue weighted by Crippen LogP contribution is 2.19. The molecule has 0 radical (unpaired) electrons. The fraction of sp³-hybridized carbons (Fsp3) is 0.571. The number of amides is 2. The molecule has 1 aliphatic rings. The van der Waals surface area contributed by atoms with Crippen molar-refractivity contribution < 1.29 is 29.0 Å². The third kappa shape index (κ3) is 5.54. The van der Waals surface area contributed by atoms with Gasteiger partial charge >= 0.3 is 0 Å². The van der Waals surface area contributed by atoms with Gasteiger partial charge in [0.25, 0.3) is 11.8 Å². The Morgan fingerprint density at radius 2 is 1.73 bits per heavy atom. The second-order valence-electron chi connectivity index (χ2n) is 4.30. The van der Waals surface area contributed by atoms with Crippen molar-refractivity contribution in [2.24, 2.45) is 0 Å². The first-order chi connectivity index (χ1) is 10.6. The molecule has 1 saturated heterocycles. The second kappa shape index (κ2) is 10.5. The minimum absolute atomic E-state index is 0.0524. The molecule has 2 atom stereocenters. The monoisotopic (exact) mass is 331 g/mol. The molecule has 0 saturated carbocycles. The molecule has 0 aliphatic carbocycles. The van der Waals surface area contributed by atoms with E-state index >= 15 is 0 Å². The van der Waals surface area contributed by atoms with Crippen LogP contribution in [0.2, 0.25) is 0 Å². The van der Waals surface area contributed by atoms with Gasteiger partial charge in [-0.1, -0.05) is 12.2 Å². The van der Waals surface area contributed by atoms with Crippen molar-refractivity contribution in [1.82, 2.24) is 5.06 Å². The standard InChI is InChI=1S/C14H21NO6S/c1-3-5-19-6-7-20-11-12(14(17)15(18)13(11)16)21-8-10-22-9-4-2/h3-4,11-12,18H,1-2,5-10H2. The predicted molar refractivity (Wildman–Crippen MR) is 81.7 cm³/mol. The summed E-state index contributed by atoms with van der Waals surface area (Å²) in [5.41, 5.74) is 0. The minimum Gasteiger partial charge on any atom is -0.375 e. The first kappa shape index (κ1) is 18.9. The highest BCUT2D eigenvalue weighted by atomic mass is 32.2. The molecule has 0 aromatic heterocycles. The van der Waals surface area contributed by atoms with E-state index in [0.29, 0.717) is 12.4 Å². The molecule has 0 bridgehead atoms. The fourth-order valence-electron chi connectivity index (χ4n) is 1.73. The maximum absolute atomic E-state index is 11.8. The lowest BCUT2D eigenvalue weighted by Crippen LogP contribution is -2.35. The molecule has 0 aromatic carbocycles. The number of hydroxylamine groups is 2. The normalized spacial score (nSPS) is 21.4. The molecule has 1 heterocycles. The van der Waals surface area contributed by atoms with Gasteiger partial charge in [0.1, 0.15) is 0 Å². The van der Waals surface area contributed by atoms with Crippen LogP contribution in [-0.4, -0.2) is 72.2 Å². The molecule has 124 valence electrons. The highest BCUT2D eigenvalue weighted by molar-refractivity contribution is 7.99. The molecule has 8 heteroatoms. The van der Waals surface area contributed by atoms with E-state index in [2.05, 4.69) is 13.2 Å². The summed E-state index contributed by atoms with van der Waals surface area (Å²) in [4.78, 5) is 23.5. The van der Waals surface area contributed by atoms with Crippen molar-refractivity contribution in [2.75, 3.05) is 37.9 Å². The molecular weight excluding hydrogens is 310 g/mol. The number of thioether (sulfide) groups is 1. The Hall–Kier alpha value is -1.19. The molecule has 1 fully saturated rings. The van der Waals surface area contributed by atoms with Crippen molar-refractivity contribution in [3.05, 3.63) is 25.3 Å². The van der Waals surface area contributed by atoms with Crippen LogP contribution in [0.25, 0.3) is 0 Å². The first-order valence-electron chi connectivity index (χ1n) is 6.80. The lowest BCUT2D eigenvalue weighted by atomic mass is 10.2. The van der Waals surface area contributed by atoms with Gasteiger partial charge in [0.15, 0.2) is 12.2 Å². The van der Waals surface area contributed by atoms with Crippen LogP contribution in [0.3, 0.4) is 0 Å². The SMILES string of the molecule is C=CCOCCOC1C(=O)N(O)C(=O)C1OCCSCC=C. The lowest BCUT2D eigenvalue weighted by Gasteiger charge is -2.16. The van der Waals surface area contributed by atoms with Crippen LogP contribution < -0.4 is 0 Å². The molecule has 2 amide bonds. The van der Waals surface area contributed by atoms with Gasteiger partial charge in [0.05, 0.1) is 26.4 Å². The van der Waals surface area contributed by atoms with Crippen LogP contribution in [0.15, 0.2) is 25.3 Å². The van der Waals surface area contributed by atoms with E-state index in [4.69, 9.17) is 14.2 Å². The molecule has 1 aliphatic heterocycles. The summed E-state index contributed by atoms with van der Waals surface area (Å²) in [5, 5.41) is 9.45. The number of rotatable bonds is 12. The zero-order chi connectivity index (χ0) is 16.4. The van der Waals surface area contributed by atoms with E-state index in [-0.39, 0.29) is 24.9 Å². The van der Waals surface area contributed by atoms with E-state index < -0.39 is 24.0 Å². The smallest absolute Gasteiger partial charge is 0.285 e. The van der Waals surface area contributed by atoms with E-state index in [1.807, 2.05) is 0 Å². The van der Waals surface area contributed by atoms with Crippen molar-refractivity contribution in [1.29, 1.82) is 0 Å². The Balaban J connectivity index is 2.43. The average molecular weight is 331 g/mol. The van der Waals surface area contributed by atoms with Crippen LogP contribution in [0.1, 0.15) is 0 Å². The van der Waals surface area contributed by atoms with Gasteiger partial charge in [-0.15, -0.1) is 13.2 Å². The number of carbonyl (C=O) groups is 2. The Morgan fingerprint density at radius 1 is 1.09 bits per heavy atom. The van der Waals surface area contributed by atoms with E-state index in [1.165, 1.54) is 0 Å². The number of nitrogens with zero attached hydrogens (tertiary/aromatic N) is 1. The van der Waals surface area contributed by atoms with E-state index in [9.17, 15) is 14.8 Å². The molecule has 1 N–H and O–H groups in total. The van der Waals surface area contributed by atoms with Gasteiger partial charge in [0.2, 0.25) is 0 Å². The summed E-state index contributed by atoms with van der Waals surface area (Å²) in [7, 11) is 0. The number of ether oxygens (including phenoxy) is 3. The van der Waals surface area contributed by atoms with Gasteiger partial charge < -0.3 is 14.2 Å². The van der Waals surface area contributed by atoms with Gasteiger partial charge in [-0.25, -0.2) is 0 Å². The van der Waals surface area contributed by atoms with Gasteiger partial charge in [-0.2, -0.15) is 16.8 Å². The lowest BCUT2D eigenvalue weighted by molar-refractivity contribution is -0.175. The van der Waals surface area contributed by atoms with Crippen LogP contribution in [0.5, 0.6) is 0 Å². The summed E-state index contributed by atoms with van der Waals surface area (Å²) in [6.45, 7) is 8.09. The molecular formula is C14H21NO6S. The number of imide groups is 1. The Bertz CT molecular complexity index is 367. The maximum Gasteiger partial charge on any atom is 0.285 e. The van der Waals surface area contributed by atoms with Crippen LogP contribution >= 0.6 is 11.8 Å². The molecule has 22 heavy (non-hydrogen) atoms. The average Bonchev–Trinajstić information content (AvgIpc) is 2.72. The molecule has 1 rings (SSSR count). The fourth-order valence-corrected chi connectivity index (χ4v) is 2.27. The largest absolute Gasteiger partial charge is 0.375 e. The summed E-state index contributed by atoms with van der Waals surface area (Å²) in [5.74, 6) is -0.216. The Labute approximate surface area is 133 Å². The van der Waals surface area contributed by atoms with Crippen LogP contribution in [0, 0.1) is 0 Å². The summed E-state index contributed by atoms with van der Waals surface area (Å²) >= 11 is 1.58. The second-order valence-corrected chi connectivity index (χ2v) is 5.45. The van der Waals surface area contributed by atoms with E-state index in [1.54, 1.807) is 23.9 Å². The highest BCUT2D eigenvalue weighted by Gasteiger charge is 2.49. The van der Waals surface area contributed by atoms with Crippen molar-refractivity contribution in [2.45, 2.75) is 12.2 Å². The van der Waals surface area contributed by atoms with Crippen LogP contribution in [0.4, 0.5) is 0 Å². The molecule has 2 unspecified atom stereocenters. The third-order valence-electron chi connectivity index (χ3n) is 2.70. The van der Waals surface area contributed by atoms with Gasteiger partial charge in [-0.3, -0.25) is 14.8 Å². The van der Waals surface area contributed by atoms with Crippen molar-refractivity contribution in [3.8, 4) is 0 Å². The van der Waals surface area contributed by atoms with Crippen molar-refractivity contribution in [3.63, 3.8) is 0 Å². The number of hydrogen-bond donors (Lipinski definition) is 1. The Kier molecular flexibility index (Phi) is 9.02. The summed E-state index contributed by atoms with van der Waals surface area (Å²) < 4.78 is 15.8. The third-order valence-corrected chi connectivity index (χ3v) is 3.63. The zero-order valence-corrected chi connectivity index (χ0v) is 13.1. The molecule has 0 spiro atoms. The maximum atomic E-state index is 11.8. The molecule has 7 nitrogen and oxygen atoms in total. The van der Waals surface area contributed by atoms with E-state index in [0.717, 1.165) is 5.75 Å². The topological polar surface area (TPSA) is 85.3 Å². The molecule has 0 aromatic rings. The van der Waals surface area contributed by atoms with Gasteiger partial charge in [-0.05, 0) is 0 Å². The summed E-state index contributed by atoms with van der Waals surface area (Å²) in [6, 6.07) is 0. The van der Waals surface area contributed by atoms with Crippen molar-refractivity contribution >= 4 is 23.6 Å². The quantitative estimate of drug-likeness (QED) is 0.243. The first-order valence-corrected chi connectivity index (χ1v) is 7.96. The number of hydrogen-bond acceptors (Lipinski definition) is 7. The predicted octanol–water partition coefficient (Wildman–Crippen LogP) is 0.637. The summed E-state index contributed by atoms with van der Waals surface area (Å²) in [6.07, 6.45) is 1.09. The van der Waals surface area contributed by atoms with Gasteiger partial charge in [0, 0.05) is 11.5 Å². The number of carbonyl (C=O) groups excluding carboxylic acids is 2.